The lowest BCUT2D eigenvalue weighted by molar-refractivity contribution is -0.143. The van der Waals surface area contributed by atoms with Gasteiger partial charge in [0.05, 0.1) is 29.1 Å². The Morgan fingerprint density at radius 2 is 1.94 bits per heavy atom. The highest BCUT2D eigenvalue weighted by atomic mass is 35.5. The molecule has 0 radical (unpaired) electrons. The SMILES string of the molecule is NC(=O)C[C@H]1N[C@@]2(C(=O)Nc3c(Cl)cccc32)[C@H]2C(=O)N(Cc3ccc4c(c3)OCO4)C(=O)[C@H]12. The number of likely N-dealkylation sites (tertiary alicyclic amines) is 1. The predicted octanol–water partition coefficient (Wildman–Crippen LogP) is 0.865. The molecule has 6 rings (SSSR count). The Kier molecular flexibility index (Phi) is 4.42. The van der Waals surface area contributed by atoms with E-state index in [0.717, 1.165) is 4.90 Å². The molecule has 4 atom stereocenters. The van der Waals surface area contributed by atoms with Gasteiger partial charge in [-0.05, 0) is 23.8 Å². The van der Waals surface area contributed by atoms with Gasteiger partial charge >= 0.3 is 0 Å². The number of hydrogen-bond donors (Lipinski definition) is 3. The first-order valence-corrected chi connectivity index (χ1v) is 11.1. The summed E-state index contributed by atoms with van der Waals surface area (Å²) in [7, 11) is 0. The molecule has 34 heavy (non-hydrogen) atoms. The quantitative estimate of drug-likeness (QED) is 0.549. The molecule has 4 amide bonds. The zero-order chi connectivity index (χ0) is 23.8. The summed E-state index contributed by atoms with van der Waals surface area (Å²) in [6.07, 6.45) is -0.205. The highest BCUT2D eigenvalue weighted by Gasteiger charge is 2.70. The maximum absolute atomic E-state index is 13.7. The highest BCUT2D eigenvalue weighted by Crippen LogP contribution is 2.54. The highest BCUT2D eigenvalue weighted by molar-refractivity contribution is 6.35. The Morgan fingerprint density at radius 3 is 2.74 bits per heavy atom. The van der Waals surface area contributed by atoms with E-state index < -0.39 is 47.0 Å². The van der Waals surface area contributed by atoms with Gasteiger partial charge in [-0.2, -0.15) is 0 Å². The Hall–Kier alpha value is -3.63. The van der Waals surface area contributed by atoms with E-state index in [1.54, 1.807) is 36.4 Å². The second-order valence-electron chi connectivity index (χ2n) is 8.80. The van der Waals surface area contributed by atoms with Crippen molar-refractivity contribution in [3.05, 3.63) is 52.5 Å². The number of halogens is 1. The lowest BCUT2D eigenvalue weighted by Crippen LogP contribution is -2.53. The molecule has 4 aliphatic rings. The fourth-order valence-corrected chi connectivity index (χ4v) is 5.84. The topological polar surface area (TPSA) is 140 Å². The number of benzene rings is 2. The first kappa shape index (κ1) is 20.9. The van der Waals surface area contributed by atoms with Gasteiger partial charge in [-0.3, -0.25) is 29.4 Å². The molecule has 11 heteroatoms. The van der Waals surface area contributed by atoms with Crippen LogP contribution in [0, 0.1) is 11.8 Å². The molecule has 4 N–H and O–H groups in total. The van der Waals surface area contributed by atoms with Gasteiger partial charge in [-0.25, -0.2) is 0 Å². The fraction of sp³-hybridized carbons (Fsp3) is 0.304. The zero-order valence-corrected chi connectivity index (χ0v) is 18.4. The van der Waals surface area contributed by atoms with Crippen LogP contribution in [0.5, 0.6) is 11.5 Å². The van der Waals surface area contributed by atoms with E-state index in [1.165, 1.54) is 0 Å². The molecular formula is C23H19ClN4O6. The van der Waals surface area contributed by atoms with Crippen LogP contribution in [-0.4, -0.2) is 41.4 Å². The molecule has 4 aliphatic heterocycles. The molecule has 0 aromatic heterocycles. The largest absolute Gasteiger partial charge is 0.454 e. The molecule has 10 nitrogen and oxygen atoms in total. The summed E-state index contributed by atoms with van der Waals surface area (Å²) in [5.41, 5.74) is 5.43. The van der Waals surface area contributed by atoms with Crippen LogP contribution in [0.3, 0.4) is 0 Å². The molecule has 0 unspecified atom stereocenters. The number of imide groups is 1. The van der Waals surface area contributed by atoms with Crippen LogP contribution in [0.1, 0.15) is 17.5 Å². The molecule has 1 spiro atoms. The lowest BCUT2D eigenvalue weighted by atomic mass is 9.76. The van der Waals surface area contributed by atoms with Crippen molar-refractivity contribution in [3.8, 4) is 11.5 Å². The Labute approximate surface area is 198 Å². The van der Waals surface area contributed by atoms with Crippen LogP contribution in [0.25, 0.3) is 0 Å². The molecule has 2 aromatic rings. The van der Waals surface area contributed by atoms with Crippen molar-refractivity contribution in [2.24, 2.45) is 17.6 Å². The van der Waals surface area contributed by atoms with Crippen LogP contribution in [0.2, 0.25) is 5.02 Å². The number of hydrogen-bond acceptors (Lipinski definition) is 7. The first-order valence-electron chi connectivity index (χ1n) is 10.7. The summed E-state index contributed by atoms with van der Waals surface area (Å²) >= 11 is 6.31. The van der Waals surface area contributed by atoms with Gasteiger partial charge in [-0.15, -0.1) is 0 Å². The van der Waals surface area contributed by atoms with Gasteiger partial charge in [0.25, 0.3) is 0 Å². The second kappa shape index (κ2) is 7.18. The van der Waals surface area contributed by atoms with Gasteiger partial charge in [0.15, 0.2) is 11.5 Å². The summed E-state index contributed by atoms with van der Waals surface area (Å²) in [6.45, 7) is 0.0925. The van der Waals surface area contributed by atoms with Crippen LogP contribution in [-0.2, 0) is 31.3 Å². The summed E-state index contributed by atoms with van der Waals surface area (Å²) in [5, 5.41) is 6.20. The number of para-hydroxylation sites is 1. The second-order valence-corrected chi connectivity index (χ2v) is 9.21. The number of rotatable bonds is 4. The molecular weight excluding hydrogens is 464 g/mol. The average molecular weight is 483 g/mol. The van der Waals surface area contributed by atoms with Crippen molar-refractivity contribution in [1.82, 2.24) is 10.2 Å². The van der Waals surface area contributed by atoms with Crippen molar-refractivity contribution in [2.75, 3.05) is 12.1 Å². The number of fused-ring (bicyclic) bond motifs is 5. The number of nitrogens with zero attached hydrogens (tertiary/aromatic N) is 1. The molecule has 2 fully saturated rings. The maximum atomic E-state index is 13.7. The Bertz CT molecular complexity index is 1300. The predicted molar refractivity (Wildman–Crippen MR) is 118 cm³/mol. The van der Waals surface area contributed by atoms with E-state index in [2.05, 4.69) is 10.6 Å². The summed E-state index contributed by atoms with van der Waals surface area (Å²) in [4.78, 5) is 53.6. The molecule has 0 saturated carbocycles. The van der Waals surface area contributed by atoms with Gasteiger partial charge < -0.3 is 20.5 Å². The van der Waals surface area contributed by atoms with Crippen molar-refractivity contribution in [3.63, 3.8) is 0 Å². The van der Waals surface area contributed by atoms with Crippen LogP contribution >= 0.6 is 11.6 Å². The molecule has 174 valence electrons. The number of carbonyl (C=O) groups is 4. The minimum Gasteiger partial charge on any atom is -0.454 e. The average Bonchev–Trinajstić information content (AvgIpc) is 3.51. The Morgan fingerprint density at radius 1 is 1.15 bits per heavy atom. The van der Waals surface area contributed by atoms with Crippen molar-refractivity contribution in [1.29, 1.82) is 0 Å². The smallest absolute Gasteiger partial charge is 0.250 e. The van der Waals surface area contributed by atoms with Crippen molar-refractivity contribution >= 4 is 40.9 Å². The summed E-state index contributed by atoms with van der Waals surface area (Å²) < 4.78 is 10.7. The van der Waals surface area contributed by atoms with Gasteiger partial charge in [0.2, 0.25) is 30.4 Å². The van der Waals surface area contributed by atoms with Crippen LogP contribution in [0.4, 0.5) is 5.69 Å². The molecule has 2 saturated heterocycles. The molecule has 0 aliphatic carbocycles. The third-order valence-corrected chi connectivity index (χ3v) is 7.30. The van der Waals surface area contributed by atoms with Gasteiger partial charge in [-0.1, -0.05) is 29.8 Å². The van der Waals surface area contributed by atoms with E-state index in [1.807, 2.05) is 0 Å². The third kappa shape index (κ3) is 2.72. The number of primary amides is 1. The van der Waals surface area contributed by atoms with E-state index in [9.17, 15) is 19.2 Å². The number of anilines is 1. The van der Waals surface area contributed by atoms with Gasteiger partial charge in [0.1, 0.15) is 5.54 Å². The monoisotopic (exact) mass is 482 g/mol. The number of ether oxygens (including phenoxy) is 2. The molecule has 4 heterocycles. The fourth-order valence-electron chi connectivity index (χ4n) is 5.62. The van der Waals surface area contributed by atoms with Gasteiger partial charge in [0, 0.05) is 18.0 Å². The van der Waals surface area contributed by atoms with E-state index in [-0.39, 0.29) is 19.8 Å². The number of amides is 4. The maximum Gasteiger partial charge on any atom is 0.250 e. The molecule has 0 bridgehead atoms. The standard InChI is InChI=1S/C23H19ClN4O6/c24-12-3-1-2-11-19(12)26-22(32)23(11)18-17(13(27-23)7-16(25)29)20(30)28(21(18)31)8-10-4-5-14-15(6-10)34-9-33-14/h1-6,13,17-18,27H,7-9H2,(H2,25,29)(H,26,32)/t13-,17-,18-,23-/m1/s1. The van der Waals surface area contributed by atoms with E-state index in [4.69, 9.17) is 26.8 Å². The molecule has 2 aromatic carbocycles. The van der Waals surface area contributed by atoms with E-state index in [0.29, 0.717) is 33.3 Å². The van der Waals surface area contributed by atoms with Crippen LogP contribution < -0.4 is 25.8 Å². The zero-order valence-electron chi connectivity index (χ0n) is 17.7. The lowest BCUT2D eigenvalue weighted by Gasteiger charge is -2.29. The van der Waals surface area contributed by atoms with Crippen LogP contribution in [0.15, 0.2) is 36.4 Å². The minimum absolute atomic E-state index is 0.00923. The summed E-state index contributed by atoms with van der Waals surface area (Å²) in [6, 6.07) is 9.36. The number of nitrogens with two attached hydrogens (primary N) is 1. The first-order chi connectivity index (χ1) is 16.3. The number of carbonyl (C=O) groups excluding carboxylic acids is 4. The number of nitrogens with one attached hydrogen (secondary N) is 2. The Balaban J connectivity index is 1.42. The normalized spacial score (nSPS) is 28.4. The third-order valence-electron chi connectivity index (χ3n) is 6.99. The van der Waals surface area contributed by atoms with E-state index >= 15 is 0 Å². The van der Waals surface area contributed by atoms with Crippen molar-refractivity contribution < 1.29 is 28.7 Å². The summed E-state index contributed by atoms with van der Waals surface area (Å²) in [5.74, 6) is -3.00. The van der Waals surface area contributed by atoms with Crippen molar-refractivity contribution in [2.45, 2.75) is 24.5 Å². The minimum atomic E-state index is -1.54.